The summed E-state index contributed by atoms with van der Waals surface area (Å²) in [5, 5.41) is 14.9. The van der Waals surface area contributed by atoms with Crippen LogP contribution in [0, 0.1) is 5.82 Å². The Morgan fingerprint density at radius 2 is 1.68 bits per heavy atom. The second-order valence-electron chi connectivity index (χ2n) is 9.33. The SMILES string of the molecule is CCN(CC)S(=O)(=O)c1ccc(C(=O)NCc2nnc(SCC(=O)Nc3nc4ccccc4s3)n2-c2ccc(F)cc2)cc1. The van der Waals surface area contributed by atoms with Crippen LogP contribution in [0.1, 0.15) is 30.0 Å². The molecule has 0 spiro atoms. The molecule has 228 valence electrons. The summed E-state index contributed by atoms with van der Waals surface area (Å²) in [5.41, 5.74) is 1.60. The first-order chi connectivity index (χ1) is 21.2. The quantitative estimate of drug-likeness (QED) is 0.185. The lowest BCUT2D eigenvalue weighted by Gasteiger charge is -2.18. The van der Waals surface area contributed by atoms with E-state index in [0.29, 0.717) is 34.9 Å². The highest BCUT2D eigenvalue weighted by Crippen LogP contribution is 2.27. The first-order valence-electron chi connectivity index (χ1n) is 13.6. The highest BCUT2D eigenvalue weighted by atomic mass is 32.2. The van der Waals surface area contributed by atoms with Crippen molar-refractivity contribution in [2.24, 2.45) is 0 Å². The molecule has 0 aliphatic carbocycles. The van der Waals surface area contributed by atoms with Crippen LogP contribution in [0.4, 0.5) is 9.52 Å². The first-order valence-corrected chi connectivity index (χ1v) is 16.8. The third-order valence-electron chi connectivity index (χ3n) is 6.52. The number of anilines is 1. The summed E-state index contributed by atoms with van der Waals surface area (Å²) >= 11 is 2.50. The van der Waals surface area contributed by atoms with Crippen molar-refractivity contribution < 1.29 is 22.4 Å². The number of carbonyl (C=O) groups is 2. The number of nitrogens with one attached hydrogen (secondary N) is 2. The molecular formula is C29H28FN7O4S3. The molecule has 0 unspecified atom stereocenters. The second-order valence-corrected chi connectivity index (χ2v) is 13.2. The van der Waals surface area contributed by atoms with E-state index >= 15 is 0 Å². The molecule has 0 bridgehead atoms. The number of nitrogens with zero attached hydrogens (tertiary/aromatic N) is 5. The molecule has 2 heterocycles. The standard InChI is InChI=1S/C29H28FN7O4S3/c1-3-36(4-2)44(40,41)22-15-9-19(10-16-22)27(39)31-17-25-34-35-29(37(25)21-13-11-20(30)12-14-21)42-18-26(38)33-28-32-23-7-5-6-8-24(23)43-28/h5-16H,3-4,17-18H2,1-2H3,(H,31,39)(H,32,33,38). The summed E-state index contributed by atoms with van der Waals surface area (Å²) in [6.07, 6.45) is 0. The van der Waals surface area contributed by atoms with Gasteiger partial charge in [-0.2, -0.15) is 4.31 Å². The number of aromatic nitrogens is 4. The van der Waals surface area contributed by atoms with E-state index in [4.69, 9.17) is 0 Å². The fourth-order valence-corrected chi connectivity index (χ4v) is 7.43. The molecule has 0 atom stereocenters. The minimum absolute atomic E-state index is 0.00433. The second kappa shape index (κ2) is 13.6. The Balaban J connectivity index is 1.28. The van der Waals surface area contributed by atoms with Gasteiger partial charge in [-0.1, -0.05) is 49.1 Å². The van der Waals surface area contributed by atoms with Crippen LogP contribution in [0.25, 0.3) is 15.9 Å². The molecule has 0 saturated carbocycles. The predicted octanol–water partition coefficient (Wildman–Crippen LogP) is 4.71. The lowest BCUT2D eigenvalue weighted by molar-refractivity contribution is -0.113. The number of sulfonamides is 1. The lowest BCUT2D eigenvalue weighted by Crippen LogP contribution is -2.30. The van der Waals surface area contributed by atoms with Crippen LogP contribution < -0.4 is 10.6 Å². The molecule has 2 N–H and O–H groups in total. The zero-order chi connectivity index (χ0) is 31.3. The van der Waals surface area contributed by atoms with Gasteiger partial charge in [-0.3, -0.25) is 14.2 Å². The Labute approximate surface area is 261 Å². The van der Waals surface area contributed by atoms with Crippen LogP contribution in [0.15, 0.2) is 82.8 Å². The first kappa shape index (κ1) is 31.3. The number of thiazole rings is 1. The lowest BCUT2D eigenvalue weighted by atomic mass is 10.2. The fourth-order valence-electron chi connectivity index (χ4n) is 4.32. The molecule has 2 aromatic heterocycles. The van der Waals surface area contributed by atoms with Crippen molar-refractivity contribution in [3.8, 4) is 5.69 Å². The highest BCUT2D eigenvalue weighted by molar-refractivity contribution is 7.99. The fraction of sp³-hybridized carbons (Fsp3) is 0.207. The Hall–Kier alpha value is -4.18. The Kier molecular flexibility index (Phi) is 9.68. The molecule has 2 amide bonds. The van der Waals surface area contributed by atoms with Crippen LogP contribution in [0.5, 0.6) is 0 Å². The van der Waals surface area contributed by atoms with Gasteiger partial charge in [0.25, 0.3) is 5.91 Å². The molecule has 0 aliphatic rings. The van der Waals surface area contributed by atoms with Crippen molar-refractivity contribution in [1.82, 2.24) is 29.4 Å². The van der Waals surface area contributed by atoms with E-state index in [0.717, 1.165) is 22.0 Å². The zero-order valence-electron chi connectivity index (χ0n) is 23.7. The van der Waals surface area contributed by atoms with Crippen molar-refractivity contribution >= 4 is 60.3 Å². The maximum atomic E-state index is 13.7. The van der Waals surface area contributed by atoms with Crippen LogP contribution >= 0.6 is 23.1 Å². The van der Waals surface area contributed by atoms with Crippen LogP contribution in [-0.2, 0) is 21.4 Å². The summed E-state index contributed by atoms with van der Waals surface area (Å²) < 4.78 is 43.1. The normalized spacial score (nSPS) is 11.6. The molecule has 15 heteroatoms. The van der Waals surface area contributed by atoms with Gasteiger partial charge in [0.15, 0.2) is 16.1 Å². The predicted molar refractivity (Wildman–Crippen MR) is 168 cm³/mol. The van der Waals surface area contributed by atoms with Gasteiger partial charge in [0.05, 0.1) is 27.4 Å². The maximum Gasteiger partial charge on any atom is 0.251 e. The van der Waals surface area contributed by atoms with E-state index < -0.39 is 21.7 Å². The maximum absolute atomic E-state index is 13.7. The molecular weight excluding hydrogens is 626 g/mol. The number of amides is 2. The van der Waals surface area contributed by atoms with E-state index in [1.807, 2.05) is 24.3 Å². The van der Waals surface area contributed by atoms with E-state index in [2.05, 4.69) is 25.8 Å². The number of para-hydroxylation sites is 1. The summed E-state index contributed by atoms with van der Waals surface area (Å²) in [5.74, 6) is -0.809. The minimum Gasteiger partial charge on any atom is -0.345 e. The third-order valence-corrected chi connectivity index (χ3v) is 10.5. The molecule has 5 rings (SSSR count). The average molecular weight is 654 g/mol. The topological polar surface area (TPSA) is 139 Å². The van der Waals surface area contributed by atoms with Gasteiger partial charge >= 0.3 is 0 Å². The van der Waals surface area contributed by atoms with Gasteiger partial charge in [-0.25, -0.2) is 17.8 Å². The Morgan fingerprint density at radius 3 is 2.36 bits per heavy atom. The van der Waals surface area contributed by atoms with Crippen LogP contribution in [-0.4, -0.2) is 63.1 Å². The monoisotopic (exact) mass is 653 g/mol. The summed E-state index contributed by atoms with van der Waals surface area (Å²) in [6.45, 7) is 4.15. The van der Waals surface area contributed by atoms with Crippen LogP contribution in [0.3, 0.4) is 0 Å². The van der Waals surface area contributed by atoms with Gasteiger partial charge in [0, 0.05) is 24.3 Å². The van der Waals surface area contributed by atoms with E-state index in [1.54, 1.807) is 30.5 Å². The number of hydrogen-bond donors (Lipinski definition) is 2. The molecule has 0 radical (unpaired) electrons. The molecule has 5 aromatic rings. The number of fused-ring (bicyclic) bond motifs is 1. The molecule has 0 aliphatic heterocycles. The zero-order valence-corrected chi connectivity index (χ0v) is 26.2. The molecule has 3 aromatic carbocycles. The van der Waals surface area contributed by atoms with E-state index in [9.17, 15) is 22.4 Å². The van der Waals surface area contributed by atoms with Crippen molar-refractivity contribution in [3.05, 3.63) is 90.0 Å². The molecule has 0 fully saturated rings. The van der Waals surface area contributed by atoms with Gasteiger partial charge in [0.1, 0.15) is 5.82 Å². The number of benzene rings is 3. The van der Waals surface area contributed by atoms with Crippen molar-refractivity contribution in [3.63, 3.8) is 0 Å². The van der Waals surface area contributed by atoms with Gasteiger partial charge in [-0.05, 0) is 60.7 Å². The Bertz CT molecular complexity index is 1860. The van der Waals surface area contributed by atoms with E-state index in [-0.39, 0.29) is 28.7 Å². The minimum atomic E-state index is -3.65. The summed E-state index contributed by atoms with van der Waals surface area (Å²) in [6, 6.07) is 18.9. The highest BCUT2D eigenvalue weighted by Gasteiger charge is 2.22. The van der Waals surface area contributed by atoms with Crippen molar-refractivity contribution in [2.75, 3.05) is 24.2 Å². The Morgan fingerprint density at radius 1 is 0.977 bits per heavy atom. The van der Waals surface area contributed by atoms with Gasteiger partial charge < -0.3 is 10.6 Å². The van der Waals surface area contributed by atoms with Gasteiger partial charge in [0.2, 0.25) is 15.9 Å². The number of carbonyl (C=O) groups excluding carboxylic acids is 2. The molecule has 44 heavy (non-hydrogen) atoms. The van der Waals surface area contributed by atoms with Crippen molar-refractivity contribution in [2.45, 2.75) is 30.4 Å². The average Bonchev–Trinajstić information content (AvgIpc) is 3.63. The summed E-state index contributed by atoms with van der Waals surface area (Å²) in [7, 11) is -3.65. The number of hydrogen-bond acceptors (Lipinski definition) is 9. The van der Waals surface area contributed by atoms with Crippen LogP contribution in [0.2, 0.25) is 0 Å². The number of rotatable bonds is 12. The van der Waals surface area contributed by atoms with Crippen molar-refractivity contribution in [1.29, 1.82) is 0 Å². The molecule has 0 saturated heterocycles. The number of thioether (sulfide) groups is 1. The largest absolute Gasteiger partial charge is 0.345 e. The number of halogens is 1. The molecule has 11 nitrogen and oxygen atoms in total. The smallest absolute Gasteiger partial charge is 0.251 e. The third kappa shape index (κ3) is 6.96. The van der Waals surface area contributed by atoms with Gasteiger partial charge in [-0.15, -0.1) is 10.2 Å². The summed E-state index contributed by atoms with van der Waals surface area (Å²) in [4.78, 5) is 30.2. The van der Waals surface area contributed by atoms with E-state index in [1.165, 1.54) is 52.0 Å².